The van der Waals surface area contributed by atoms with E-state index < -0.39 is 0 Å². The van der Waals surface area contributed by atoms with E-state index >= 15 is 0 Å². The molecule has 0 saturated heterocycles. The van der Waals surface area contributed by atoms with Gasteiger partial charge in [0.05, 0.1) is 26.7 Å². The van der Waals surface area contributed by atoms with Crippen molar-refractivity contribution in [1.29, 1.82) is 0 Å². The molecule has 70 valence electrons. The van der Waals surface area contributed by atoms with E-state index in [4.69, 9.17) is 0 Å². The monoisotopic (exact) mass is 231 g/mol. The van der Waals surface area contributed by atoms with E-state index in [9.17, 15) is 0 Å². The van der Waals surface area contributed by atoms with Gasteiger partial charge in [-0.05, 0) is 18.2 Å². The summed E-state index contributed by atoms with van der Waals surface area (Å²) in [6.45, 7) is 14.1. The van der Waals surface area contributed by atoms with Crippen LogP contribution in [0, 0.1) is 0 Å². The van der Waals surface area contributed by atoms with Crippen molar-refractivity contribution in [3.05, 3.63) is 38.0 Å². The first-order valence-corrected chi connectivity index (χ1v) is 3.85. The maximum atomic E-state index is 3.73. The Kier molecular flexibility index (Phi) is 8.66. The van der Waals surface area contributed by atoms with Gasteiger partial charge in [0.25, 0.3) is 0 Å². The van der Waals surface area contributed by atoms with Gasteiger partial charge in [-0.3, -0.25) is 0 Å². The minimum atomic E-state index is 0. The fourth-order valence-electron chi connectivity index (χ4n) is 1.16. The van der Waals surface area contributed by atoms with Crippen molar-refractivity contribution in [2.45, 2.75) is 0 Å². The molecule has 0 saturated carbocycles. The first-order valence-electron chi connectivity index (χ1n) is 3.85. The molecule has 0 aromatic carbocycles. The molecule has 2 heteroatoms. The summed E-state index contributed by atoms with van der Waals surface area (Å²) in [7, 11) is 2.17. The maximum Gasteiger partial charge on any atom is 0.0973 e. The van der Waals surface area contributed by atoms with Crippen molar-refractivity contribution in [1.82, 2.24) is 0 Å². The molecule has 0 amide bonds. The summed E-state index contributed by atoms with van der Waals surface area (Å²) in [5.74, 6) is 0. The first-order chi connectivity index (χ1) is 5.18. The smallest absolute Gasteiger partial charge is 0.0973 e. The molecular formula is C10H18BrN. The molecule has 0 radical (unpaired) electrons. The van der Waals surface area contributed by atoms with Gasteiger partial charge in [0.1, 0.15) is 0 Å². The molecule has 0 aliphatic rings. The van der Waals surface area contributed by atoms with Crippen molar-refractivity contribution >= 4 is 0 Å². The van der Waals surface area contributed by atoms with Crippen LogP contribution in [0.4, 0.5) is 0 Å². The lowest BCUT2D eigenvalue weighted by molar-refractivity contribution is -0.892. The van der Waals surface area contributed by atoms with Gasteiger partial charge >= 0.3 is 0 Å². The third-order valence-corrected chi connectivity index (χ3v) is 1.71. The van der Waals surface area contributed by atoms with Crippen LogP contribution in [0.15, 0.2) is 38.0 Å². The fraction of sp³-hybridized carbons (Fsp3) is 0.400. The SMILES string of the molecule is C=CC[N+](C)(CC=C)CC=C.[Br-]. The highest BCUT2D eigenvalue weighted by atomic mass is 79.9. The second-order valence-corrected chi connectivity index (χ2v) is 3.03. The molecule has 1 nitrogen and oxygen atoms in total. The molecule has 0 N–H and O–H groups in total. The lowest BCUT2D eigenvalue weighted by Gasteiger charge is -2.30. The molecule has 12 heavy (non-hydrogen) atoms. The average Bonchev–Trinajstić information content (AvgIpc) is 1.88. The molecule has 0 aliphatic carbocycles. The van der Waals surface area contributed by atoms with Crippen LogP contribution in [0.2, 0.25) is 0 Å². The van der Waals surface area contributed by atoms with Crippen LogP contribution in [-0.4, -0.2) is 31.2 Å². The summed E-state index contributed by atoms with van der Waals surface area (Å²) in [5.41, 5.74) is 0. The van der Waals surface area contributed by atoms with Gasteiger partial charge in [-0.1, -0.05) is 19.7 Å². The largest absolute Gasteiger partial charge is 1.00 e. The highest BCUT2D eigenvalue weighted by Crippen LogP contribution is 2.01. The Hall–Kier alpha value is -0.340. The lowest BCUT2D eigenvalue weighted by Crippen LogP contribution is -3.00. The Labute approximate surface area is 86.4 Å². The second-order valence-electron chi connectivity index (χ2n) is 3.03. The van der Waals surface area contributed by atoms with E-state index in [1.807, 2.05) is 18.2 Å². The van der Waals surface area contributed by atoms with Crippen LogP contribution >= 0.6 is 0 Å². The van der Waals surface area contributed by atoms with Crippen molar-refractivity contribution in [2.75, 3.05) is 26.7 Å². The number of quaternary nitrogens is 1. The minimum Gasteiger partial charge on any atom is -1.00 e. The summed E-state index contributed by atoms with van der Waals surface area (Å²) >= 11 is 0. The number of halogens is 1. The van der Waals surface area contributed by atoms with Crippen molar-refractivity contribution in [3.8, 4) is 0 Å². The lowest BCUT2D eigenvalue weighted by atomic mass is 10.3. The third kappa shape index (κ3) is 5.33. The van der Waals surface area contributed by atoms with Crippen LogP contribution in [0.25, 0.3) is 0 Å². The Bertz CT molecular complexity index is 125. The van der Waals surface area contributed by atoms with Gasteiger partial charge in [0.2, 0.25) is 0 Å². The van der Waals surface area contributed by atoms with Gasteiger partial charge in [-0.15, -0.1) is 0 Å². The third-order valence-electron chi connectivity index (χ3n) is 1.71. The average molecular weight is 232 g/mol. The summed E-state index contributed by atoms with van der Waals surface area (Å²) in [5, 5.41) is 0. The van der Waals surface area contributed by atoms with Crippen molar-refractivity contribution in [3.63, 3.8) is 0 Å². The van der Waals surface area contributed by atoms with Crippen molar-refractivity contribution in [2.24, 2.45) is 0 Å². The van der Waals surface area contributed by atoms with Crippen LogP contribution < -0.4 is 17.0 Å². The Balaban J connectivity index is 0. The highest BCUT2D eigenvalue weighted by Gasteiger charge is 2.14. The molecule has 0 fully saturated rings. The fourth-order valence-corrected chi connectivity index (χ4v) is 1.16. The molecule has 0 unspecified atom stereocenters. The van der Waals surface area contributed by atoms with Crippen molar-refractivity contribution < 1.29 is 21.5 Å². The molecular weight excluding hydrogens is 214 g/mol. The minimum absolute atomic E-state index is 0. The van der Waals surface area contributed by atoms with Gasteiger partial charge in [-0.25, -0.2) is 0 Å². The zero-order chi connectivity index (χ0) is 8.74. The number of likely N-dealkylation sites (N-methyl/N-ethyl adjacent to an activating group) is 1. The van der Waals surface area contributed by atoms with Gasteiger partial charge in [0, 0.05) is 0 Å². The molecule has 0 aromatic rings. The van der Waals surface area contributed by atoms with Gasteiger partial charge < -0.3 is 21.5 Å². The Morgan fingerprint density at radius 1 is 0.917 bits per heavy atom. The number of hydrogen-bond donors (Lipinski definition) is 0. The standard InChI is InChI=1S/C10H18N.BrH/c1-5-8-11(4,9-6-2)10-7-3;/h5-7H,1-3,8-10H2,4H3;1H/q+1;/p-1. The Morgan fingerprint density at radius 3 is 1.33 bits per heavy atom. The van der Waals surface area contributed by atoms with Crippen LogP contribution in [0.1, 0.15) is 0 Å². The molecule has 0 rings (SSSR count). The second kappa shape index (κ2) is 7.32. The highest BCUT2D eigenvalue weighted by molar-refractivity contribution is 4.74. The maximum absolute atomic E-state index is 3.73. The first kappa shape index (κ1) is 14.2. The zero-order valence-electron chi connectivity index (χ0n) is 7.80. The molecule has 0 aliphatic heterocycles. The summed E-state index contributed by atoms with van der Waals surface area (Å²) in [6.07, 6.45) is 5.81. The number of rotatable bonds is 6. The Morgan fingerprint density at radius 2 is 1.17 bits per heavy atom. The quantitative estimate of drug-likeness (QED) is 0.407. The van der Waals surface area contributed by atoms with E-state index in [2.05, 4.69) is 26.8 Å². The van der Waals surface area contributed by atoms with Crippen LogP contribution in [0.3, 0.4) is 0 Å². The van der Waals surface area contributed by atoms with E-state index in [0.717, 1.165) is 24.1 Å². The summed E-state index contributed by atoms with van der Waals surface area (Å²) in [6, 6.07) is 0. The van der Waals surface area contributed by atoms with E-state index in [1.54, 1.807) is 0 Å². The molecule has 0 heterocycles. The van der Waals surface area contributed by atoms with Crippen LogP contribution in [0.5, 0.6) is 0 Å². The van der Waals surface area contributed by atoms with E-state index in [-0.39, 0.29) is 17.0 Å². The molecule has 0 bridgehead atoms. The van der Waals surface area contributed by atoms with Crippen LogP contribution in [-0.2, 0) is 0 Å². The normalized spacial score (nSPS) is 9.75. The van der Waals surface area contributed by atoms with Gasteiger partial charge in [-0.2, -0.15) is 0 Å². The predicted molar refractivity (Wildman–Crippen MR) is 51.4 cm³/mol. The topological polar surface area (TPSA) is 0 Å². The zero-order valence-corrected chi connectivity index (χ0v) is 9.39. The summed E-state index contributed by atoms with van der Waals surface area (Å²) < 4.78 is 0.927. The van der Waals surface area contributed by atoms with E-state index in [0.29, 0.717) is 0 Å². The molecule has 0 spiro atoms. The molecule has 0 atom stereocenters. The van der Waals surface area contributed by atoms with E-state index in [1.165, 1.54) is 0 Å². The number of nitrogens with zero attached hydrogens (tertiary/aromatic N) is 1. The molecule has 0 aromatic heterocycles. The number of hydrogen-bond acceptors (Lipinski definition) is 0. The summed E-state index contributed by atoms with van der Waals surface area (Å²) in [4.78, 5) is 0. The predicted octanol–water partition coefficient (Wildman–Crippen LogP) is -1.00. The van der Waals surface area contributed by atoms with Gasteiger partial charge in [0.15, 0.2) is 0 Å².